The van der Waals surface area contributed by atoms with Crippen LogP contribution in [0, 0.1) is 0 Å². The van der Waals surface area contributed by atoms with Gasteiger partial charge in [0.05, 0.1) is 24.1 Å². The molecule has 0 radical (unpaired) electrons. The van der Waals surface area contributed by atoms with Gasteiger partial charge in [-0.1, -0.05) is 49.9 Å². The number of hydrogen-bond donors (Lipinski definition) is 0. The van der Waals surface area contributed by atoms with E-state index in [1.165, 1.54) is 41.0 Å². The zero-order chi connectivity index (χ0) is 29.9. The monoisotopic (exact) mass is 584 g/mol. The highest BCUT2D eigenvalue weighted by atomic mass is 16.5. The van der Waals surface area contributed by atoms with Crippen molar-refractivity contribution in [2.24, 2.45) is 0 Å². The van der Waals surface area contributed by atoms with Crippen LogP contribution in [0.4, 0.5) is 11.4 Å². The molecule has 7 nitrogen and oxygen atoms in total. The van der Waals surface area contributed by atoms with E-state index in [9.17, 15) is 19.2 Å². The van der Waals surface area contributed by atoms with Gasteiger partial charge in [0.1, 0.15) is 0 Å². The molecule has 4 amide bonds. The molecule has 0 aromatic heterocycles. The second-order valence-corrected chi connectivity index (χ2v) is 12.4. The summed E-state index contributed by atoms with van der Waals surface area (Å²) in [5, 5.41) is 0.735. The lowest BCUT2D eigenvalue weighted by molar-refractivity contribution is 0.0457. The van der Waals surface area contributed by atoms with Crippen molar-refractivity contribution in [2.45, 2.75) is 70.0 Å². The fourth-order valence-electron chi connectivity index (χ4n) is 7.55. The lowest BCUT2D eigenvalue weighted by Crippen LogP contribution is -2.43. The third kappa shape index (κ3) is 4.21. The number of carbonyl (C=O) groups excluding carboxylic acids is 4. The zero-order valence-corrected chi connectivity index (χ0v) is 24.4. The van der Waals surface area contributed by atoms with E-state index in [0.29, 0.717) is 56.9 Å². The molecule has 0 N–H and O–H groups in total. The van der Waals surface area contributed by atoms with Gasteiger partial charge >= 0.3 is 0 Å². The van der Waals surface area contributed by atoms with Gasteiger partial charge in [-0.25, -0.2) is 9.80 Å². The Labute approximate surface area is 255 Å². The van der Waals surface area contributed by atoms with Crippen LogP contribution >= 0.6 is 0 Å². The molecule has 0 atom stereocenters. The molecule has 4 aliphatic rings. The maximum atomic E-state index is 13.9. The van der Waals surface area contributed by atoms with Crippen LogP contribution in [0.2, 0.25) is 0 Å². The fourth-order valence-corrected chi connectivity index (χ4v) is 7.55. The van der Waals surface area contributed by atoms with Crippen LogP contribution in [0.1, 0.15) is 110 Å². The van der Waals surface area contributed by atoms with Gasteiger partial charge in [0.15, 0.2) is 0 Å². The standard InChI is InChI=1S/C37H32N2O5/c40-34-28-16-18-30-33-31(37(43)39(36(30)42)26-9-5-6-22(20-26)21-44-27-10-3-4-11-27)19-17-29(32(28)33)35(41)38(34)25-14-12-24(13-15-25)23-7-1-2-8-23/h5-6,9,12-20,23,27H,1-4,7-8,10-11,21H2. The van der Waals surface area contributed by atoms with E-state index in [4.69, 9.17) is 4.74 Å². The molecule has 2 aliphatic heterocycles. The van der Waals surface area contributed by atoms with Crippen molar-refractivity contribution < 1.29 is 23.9 Å². The summed E-state index contributed by atoms with van der Waals surface area (Å²) in [7, 11) is 0. The molecular weight excluding hydrogens is 552 g/mol. The Bertz CT molecular complexity index is 1790. The summed E-state index contributed by atoms with van der Waals surface area (Å²) in [6.45, 7) is 0.414. The van der Waals surface area contributed by atoms with E-state index in [0.717, 1.165) is 31.2 Å². The van der Waals surface area contributed by atoms with E-state index >= 15 is 0 Å². The lowest BCUT2D eigenvalue weighted by atomic mass is 9.85. The predicted molar refractivity (Wildman–Crippen MR) is 167 cm³/mol. The number of rotatable bonds is 6. The van der Waals surface area contributed by atoms with Gasteiger partial charge in [-0.3, -0.25) is 19.2 Å². The Morgan fingerprint density at radius 3 is 1.61 bits per heavy atom. The molecule has 0 spiro atoms. The first-order valence-corrected chi connectivity index (χ1v) is 15.7. The summed E-state index contributed by atoms with van der Waals surface area (Å²) in [6, 6.07) is 21.5. The minimum Gasteiger partial charge on any atom is -0.374 e. The maximum absolute atomic E-state index is 13.9. The average molecular weight is 585 g/mol. The molecule has 44 heavy (non-hydrogen) atoms. The third-order valence-electron chi connectivity index (χ3n) is 9.83. The zero-order valence-electron chi connectivity index (χ0n) is 24.4. The Morgan fingerprint density at radius 1 is 0.568 bits per heavy atom. The van der Waals surface area contributed by atoms with Crippen LogP contribution in [0.3, 0.4) is 0 Å². The van der Waals surface area contributed by atoms with Gasteiger partial charge in [0.25, 0.3) is 23.6 Å². The minimum atomic E-state index is -0.482. The fraction of sp³-hybridized carbons (Fsp3) is 0.297. The molecule has 2 saturated carbocycles. The number of nitrogens with zero attached hydrogens (tertiary/aromatic N) is 2. The van der Waals surface area contributed by atoms with E-state index < -0.39 is 23.6 Å². The summed E-state index contributed by atoms with van der Waals surface area (Å²) < 4.78 is 6.07. The SMILES string of the molecule is O=C1c2ccc3c4c(ccc(c24)C(=O)N1c1ccc(C2CCCC2)cc1)C(=O)N(c1cccc(COC2CCCC2)c1)C3=O. The van der Waals surface area contributed by atoms with Crippen molar-refractivity contribution in [1.29, 1.82) is 0 Å². The summed E-state index contributed by atoms with van der Waals surface area (Å²) in [4.78, 5) is 57.9. The Hall–Kier alpha value is -4.62. The van der Waals surface area contributed by atoms with Gasteiger partial charge in [0.2, 0.25) is 0 Å². The normalized spacial score (nSPS) is 18.7. The number of imide groups is 2. The van der Waals surface area contributed by atoms with E-state index in [2.05, 4.69) is 0 Å². The van der Waals surface area contributed by atoms with Crippen LogP contribution < -0.4 is 9.80 Å². The Kier molecular flexibility index (Phi) is 6.45. The van der Waals surface area contributed by atoms with Crippen LogP contribution in [0.15, 0.2) is 72.8 Å². The number of anilines is 2. The smallest absolute Gasteiger partial charge is 0.265 e. The van der Waals surface area contributed by atoms with Gasteiger partial charge in [-0.15, -0.1) is 0 Å². The summed E-state index contributed by atoms with van der Waals surface area (Å²) >= 11 is 0. The molecular formula is C37H32N2O5. The Morgan fingerprint density at radius 2 is 1.07 bits per heavy atom. The summed E-state index contributed by atoms with van der Waals surface area (Å²) in [5.41, 5.74) is 4.29. The van der Waals surface area contributed by atoms with Gasteiger partial charge < -0.3 is 4.74 Å². The van der Waals surface area contributed by atoms with Crippen molar-refractivity contribution >= 4 is 45.8 Å². The first-order chi connectivity index (χ1) is 21.5. The summed E-state index contributed by atoms with van der Waals surface area (Å²) in [6.07, 6.45) is 9.51. The van der Waals surface area contributed by atoms with E-state index in [1.807, 2.05) is 42.5 Å². The van der Waals surface area contributed by atoms with Crippen molar-refractivity contribution in [3.05, 3.63) is 106 Å². The highest BCUT2D eigenvalue weighted by Crippen LogP contribution is 2.41. The van der Waals surface area contributed by atoms with Gasteiger partial charge in [0, 0.05) is 33.0 Å². The van der Waals surface area contributed by atoms with Crippen molar-refractivity contribution in [3.8, 4) is 0 Å². The van der Waals surface area contributed by atoms with Crippen LogP contribution in [0.5, 0.6) is 0 Å². The second kappa shape index (κ2) is 10.5. The first-order valence-electron chi connectivity index (χ1n) is 15.7. The number of carbonyl (C=O) groups is 4. The van der Waals surface area contributed by atoms with Gasteiger partial charge in [-0.2, -0.15) is 0 Å². The first kappa shape index (κ1) is 27.0. The van der Waals surface area contributed by atoms with Crippen molar-refractivity contribution in [3.63, 3.8) is 0 Å². The molecule has 4 aromatic carbocycles. The Balaban J connectivity index is 1.13. The molecule has 7 heteroatoms. The third-order valence-corrected chi connectivity index (χ3v) is 9.83. The highest BCUT2D eigenvalue weighted by Gasteiger charge is 2.40. The molecule has 4 aromatic rings. The van der Waals surface area contributed by atoms with Gasteiger partial charge in [-0.05, 0) is 91.3 Å². The largest absolute Gasteiger partial charge is 0.374 e. The summed E-state index contributed by atoms with van der Waals surface area (Å²) in [5.74, 6) is -1.36. The number of benzene rings is 4. The maximum Gasteiger partial charge on any atom is 0.265 e. The molecule has 0 saturated heterocycles. The highest BCUT2D eigenvalue weighted by molar-refractivity contribution is 6.42. The molecule has 8 rings (SSSR count). The number of ether oxygens (including phenoxy) is 1. The quantitative estimate of drug-likeness (QED) is 0.219. The average Bonchev–Trinajstić information content (AvgIpc) is 3.78. The van der Waals surface area contributed by atoms with E-state index in [-0.39, 0.29) is 6.10 Å². The van der Waals surface area contributed by atoms with Crippen LogP contribution in [-0.2, 0) is 11.3 Å². The predicted octanol–water partition coefficient (Wildman–Crippen LogP) is 7.56. The number of amides is 4. The van der Waals surface area contributed by atoms with Crippen LogP contribution in [-0.4, -0.2) is 29.7 Å². The molecule has 2 heterocycles. The topological polar surface area (TPSA) is 84.0 Å². The van der Waals surface area contributed by atoms with E-state index in [1.54, 1.807) is 30.3 Å². The second-order valence-electron chi connectivity index (χ2n) is 12.4. The minimum absolute atomic E-state index is 0.251. The van der Waals surface area contributed by atoms with Crippen molar-refractivity contribution in [1.82, 2.24) is 0 Å². The molecule has 2 aliphatic carbocycles. The molecule has 0 bridgehead atoms. The molecule has 0 unspecified atom stereocenters. The number of hydrogen-bond acceptors (Lipinski definition) is 5. The lowest BCUT2D eigenvalue weighted by Gasteiger charge is -2.32. The van der Waals surface area contributed by atoms with Crippen molar-refractivity contribution in [2.75, 3.05) is 9.80 Å². The molecule has 220 valence electrons. The molecule has 2 fully saturated rings. The van der Waals surface area contributed by atoms with Crippen LogP contribution in [0.25, 0.3) is 10.8 Å².